The number of aromatic nitrogens is 3. The van der Waals surface area contributed by atoms with Gasteiger partial charge in [0.25, 0.3) is 5.56 Å². The summed E-state index contributed by atoms with van der Waals surface area (Å²) in [5.74, 6) is 0.832. The van der Waals surface area contributed by atoms with Crippen LogP contribution in [0.2, 0.25) is 0 Å². The first kappa shape index (κ1) is 11.2. The van der Waals surface area contributed by atoms with E-state index in [1.54, 1.807) is 12.3 Å². The largest absolute Gasteiger partial charge is 0.342 e. The second kappa shape index (κ2) is 4.10. The Bertz CT molecular complexity index is 867. The fourth-order valence-corrected chi connectivity index (χ4v) is 2.13. The number of H-pyrrole nitrogens is 2. The van der Waals surface area contributed by atoms with Gasteiger partial charge in [-0.3, -0.25) is 4.79 Å². The third-order valence-electron chi connectivity index (χ3n) is 2.98. The predicted octanol–water partition coefficient (Wildman–Crippen LogP) is 2.10. The highest BCUT2D eigenvalue weighted by Crippen LogP contribution is 2.24. The number of aryl methyl sites for hydroxylation is 1. The van der Waals surface area contributed by atoms with Crippen LogP contribution < -0.4 is 5.56 Å². The molecule has 0 aliphatic rings. The molecule has 0 aliphatic heterocycles. The molecule has 5 nitrogen and oxygen atoms in total. The summed E-state index contributed by atoms with van der Waals surface area (Å²) in [5, 5.41) is 9.09. The van der Waals surface area contributed by atoms with Crippen molar-refractivity contribution in [1.82, 2.24) is 15.0 Å². The van der Waals surface area contributed by atoms with Gasteiger partial charge in [0.1, 0.15) is 17.5 Å². The van der Waals surface area contributed by atoms with E-state index in [9.17, 15) is 4.79 Å². The maximum absolute atomic E-state index is 11.6. The molecule has 0 spiro atoms. The van der Waals surface area contributed by atoms with Gasteiger partial charge in [-0.15, -0.1) is 0 Å². The molecule has 0 saturated heterocycles. The Morgan fingerprint density at radius 1 is 1.32 bits per heavy atom. The van der Waals surface area contributed by atoms with Crippen molar-refractivity contribution in [2.24, 2.45) is 0 Å². The van der Waals surface area contributed by atoms with Crippen LogP contribution in [0.25, 0.3) is 22.2 Å². The van der Waals surface area contributed by atoms with Crippen LogP contribution in [0, 0.1) is 18.3 Å². The minimum Gasteiger partial charge on any atom is -0.342 e. The number of benzene rings is 1. The molecule has 19 heavy (non-hydrogen) atoms. The molecule has 1 aromatic carbocycles. The molecule has 2 heterocycles. The van der Waals surface area contributed by atoms with Gasteiger partial charge in [0.15, 0.2) is 0 Å². The molecule has 0 fully saturated rings. The minimum absolute atomic E-state index is 0.123. The number of rotatable bonds is 1. The van der Waals surface area contributed by atoms with Crippen LogP contribution in [-0.4, -0.2) is 15.0 Å². The monoisotopic (exact) mass is 250 g/mol. The number of nitriles is 1. The topological polar surface area (TPSA) is 85.3 Å². The van der Waals surface area contributed by atoms with Crippen LogP contribution in [0.15, 0.2) is 35.3 Å². The van der Waals surface area contributed by atoms with Gasteiger partial charge in [-0.1, -0.05) is 6.07 Å². The Morgan fingerprint density at radius 3 is 2.95 bits per heavy atom. The number of nitrogens with zero attached hydrogens (tertiary/aromatic N) is 2. The average molecular weight is 250 g/mol. The predicted molar refractivity (Wildman–Crippen MR) is 71.6 cm³/mol. The number of hydrogen-bond donors (Lipinski definition) is 2. The molecule has 2 N–H and O–H groups in total. The first-order valence-corrected chi connectivity index (χ1v) is 5.77. The first-order chi connectivity index (χ1) is 9.19. The van der Waals surface area contributed by atoms with Crippen LogP contribution in [0.5, 0.6) is 0 Å². The van der Waals surface area contributed by atoms with E-state index in [4.69, 9.17) is 5.26 Å². The quantitative estimate of drug-likeness (QED) is 0.693. The number of fused-ring (bicyclic) bond motifs is 1. The summed E-state index contributed by atoms with van der Waals surface area (Å²) in [6.45, 7) is 1.88. The number of pyridine rings is 1. The fraction of sp³-hybridized carbons (Fsp3) is 0.0714. The summed E-state index contributed by atoms with van der Waals surface area (Å²) in [6.07, 6.45) is 1.54. The van der Waals surface area contributed by atoms with E-state index in [1.165, 1.54) is 0 Å². The van der Waals surface area contributed by atoms with E-state index in [2.05, 4.69) is 15.0 Å². The molecule has 0 unspecified atom stereocenters. The van der Waals surface area contributed by atoms with Crippen molar-refractivity contribution in [2.75, 3.05) is 0 Å². The number of imidazole rings is 1. The van der Waals surface area contributed by atoms with Crippen LogP contribution in [-0.2, 0) is 0 Å². The van der Waals surface area contributed by atoms with Gasteiger partial charge in [-0.25, -0.2) is 4.98 Å². The van der Waals surface area contributed by atoms with E-state index in [0.717, 1.165) is 22.4 Å². The standard InChI is InChI=1S/C14H10N4O/c1-8-17-12-3-2-9(6-13(12)18-8)10-4-5-16-14(19)11(10)7-15/h2-6H,1H3,(H,16,19)(H,17,18). The van der Waals surface area contributed by atoms with Crippen molar-refractivity contribution in [2.45, 2.75) is 6.92 Å². The molecule has 0 saturated carbocycles. The molecule has 5 heteroatoms. The highest BCUT2D eigenvalue weighted by molar-refractivity contribution is 5.83. The molecule has 3 aromatic rings. The number of aromatic amines is 2. The zero-order chi connectivity index (χ0) is 13.4. The first-order valence-electron chi connectivity index (χ1n) is 5.77. The summed E-state index contributed by atoms with van der Waals surface area (Å²) in [6, 6.07) is 9.30. The molecule has 0 bridgehead atoms. The second-order valence-corrected chi connectivity index (χ2v) is 4.26. The third-order valence-corrected chi connectivity index (χ3v) is 2.98. The fourth-order valence-electron chi connectivity index (χ4n) is 2.13. The van der Waals surface area contributed by atoms with Crippen molar-refractivity contribution in [3.8, 4) is 17.2 Å². The lowest BCUT2D eigenvalue weighted by molar-refractivity contribution is 1.17. The van der Waals surface area contributed by atoms with Crippen molar-refractivity contribution in [3.63, 3.8) is 0 Å². The van der Waals surface area contributed by atoms with Crippen molar-refractivity contribution < 1.29 is 0 Å². The van der Waals surface area contributed by atoms with Crippen LogP contribution >= 0.6 is 0 Å². The highest BCUT2D eigenvalue weighted by atomic mass is 16.1. The summed E-state index contributed by atoms with van der Waals surface area (Å²) < 4.78 is 0. The summed E-state index contributed by atoms with van der Waals surface area (Å²) in [4.78, 5) is 21.6. The average Bonchev–Trinajstić information content (AvgIpc) is 2.77. The zero-order valence-corrected chi connectivity index (χ0v) is 10.2. The molecule has 3 rings (SSSR count). The molecule has 0 amide bonds. The molecule has 0 aliphatic carbocycles. The molecular weight excluding hydrogens is 240 g/mol. The summed E-state index contributed by atoms with van der Waals surface area (Å²) >= 11 is 0. The number of hydrogen-bond acceptors (Lipinski definition) is 3. The summed E-state index contributed by atoms with van der Waals surface area (Å²) in [5.41, 5.74) is 2.95. The van der Waals surface area contributed by atoms with Gasteiger partial charge in [-0.2, -0.15) is 5.26 Å². The van der Waals surface area contributed by atoms with Crippen molar-refractivity contribution in [1.29, 1.82) is 5.26 Å². The SMILES string of the molecule is Cc1nc2ccc(-c3cc[nH]c(=O)c3C#N)cc2[nH]1. The van der Waals surface area contributed by atoms with Gasteiger partial charge in [0.05, 0.1) is 11.0 Å². The smallest absolute Gasteiger partial charge is 0.266 e. The summed E-state index contributed by atoms with van der Waals surface area (Å²) in [7, 11) is 0. The molecule has 2 aromatic heterocycles. The van der Waals surface area contributed by atoms with Crippen LogP contribution in [0.1, 0.15) is 11.4 Å². The van der Waals surface area contributed by atoms with E-state index in [0.29, 0.717) is 5.56 Å². The normalized spacial score (nSPS) is 10.5. The highest BCUT2D eigenvalue weighted by Gasteiger charge is 2.09. The van der Waals surface area contributed by atoms with E-state index < -0.39 is 0 Å². The van der Waals surface area contributed by atoms with Gasteiger partial charge in [0, 0.05) is 11.8 Å². The van der Waals surface area contributed by atoms with Crippen LogP contribution in [0.3, 0.4) is 0 Å². The lowest BCUT2D eigenvalue weighted by Gasteiger charge is -2.03. The molecule has 92 valence electrons. The van der Waals surface area contributed by atoms with Gasteiger partial charge in [0.2, 0.25) is 0 Å². The maximum atomic E-state index is 11.6. The van der Waals surface area contributed by atoms with E-state index >= 15 is 0 Å². The van der Waals surface area contributed by atoms with Crippen molar-refractivity contribution >= 4 is 11.0 Å². The third kappa shape index (κ3) is 1.79. The Hall–Kier alpha value is -2.87. The van der Waals surface area contributed by atoms with Gasteiger partial charge >= 0.3 is 0 Å². The number of nitrogens with one attached hydrogen (secondary N) is 2. The van der Waals surface area contributed by atoms with Crippen molar-refractivity contribution in [3.05, 3.63) is 52.2 Å². The Labute approximate surface area is 108 Å². The second-order valence-electron chi connectivity index (χ2n) is 4.26. The molecule has 0 radical (unpaired) electrons. The molecular formula is C14H10N4O. The Balaban J connectivity index is 2.28. The molecule has 0 atom stereocenters. The van der Waals surface area contributed by atoms with Gasteiger partial charge < -0.3 is 9.97 Å². The Kier molecular flexibility index (Phi) is 2.43. The minimum atomic E-state index is -0.374. The lowest BCUT2D eigenvalue weighted by atomic mass is 10.0. The zero-order valence-electron chi connectivity index (χ0n) is 10.2. The Morgan fingerprint density at radius 2 is 2.16 bits per heavy atom. The van der Waals surface area contributed by atoms with Gasteiger partial charge in [-0.05, 0) is 30.7 Å². The van der Waals surface area contributed by atoms with Crippen LogP contribution in [0.4, 0.5) is 0 Å². The maximum Gasteiger partial charge on any atom is 0.266 e. The lowest BCUT2D eigenvalue weighted by Crippen LogP contribution is -2.10. The van der Waals surface area contributed by atoms with E-state index in [1.807, 2.05) is 31.2 Å². The van der Waals surface area contributed by atoms with E-state index in [-0.39, 0.29) is 11.1 Å².